The number of aryl methyl sites for hydroxylation is 1. The van der Waals surface area contributed by atoms with E-state index in [0.29, 0.717) is 15.5 Å². The van der Waals surface area contributed by atoms with Crippen LogP contribution in [0.25, 0.3) is 10.1 Å². The summed E-state index contributed by atoms with van der Waals surface area (Å²) < 4.78 is 26.4. The smallest absolute Gasteiger partial charge is 0.233 e. The van der Waals surface area contributed by atoms with Crippen molar-refractivity contribution in [3.8, 4) is 0 Å². The molecular weight excluding hydrogens is 378 g/mol. The topological polar surface area (TPSA) is 74.7 Å². The highest BCUT2D eigenvalue weighted by molar-refractivity contribution is 7.90. The van der Waals surface area contributed by atoms with E-state index in [-0.39, 0.29) is 17.9 Å². The van der Waals surface area contributed by atoms with Crippen LogP contribution in [0.5, 0.6) is 0 Å². The number of thiophene rings is 2. The van der Waals surface area contributed by atoms with E-state index < -0.39 is 15.9 Å². The number of sulfone groups is 1. The minimum atomic E-state index is -3.53. The number of hydrogen-bond donors (Lipinski definition) is 1. The molecular formula is C17H17NO4S3. The number of carbonyl (C=O) groups is 1. The molecule has 1 amide bonds. The minimum absolute atomic E-state index is 0.133. The van der Waals surface area contributed by atoms with Gasteiger partial charge in [0.2, 0.25) is 6.41 Å². The molecule has 2 aromatic heterocycles. The summed E-state index contributed by atoms with van der Waals surface area (Å²) in [7, 11) is -3.53. The van der Waals surface area contributed by atoms with Crippen molar-refractivity contribution in [1.82, 2.24) is 5.06 Å². The van der Waals surface area contributed by atoms with E-state index in [1.54, 1.807) is 17.4 Å². The monoisotopic (exact) mass is 395 g/mol. The Bertz CT molecular complexity index is 990. The van der Waals surface area contributed by atoms with Crippen molar-refractivity contribution in [1.29, 1.82) is 0 Å². The van der Waals surface area contributed by atoms with Crippen LogP contribution in [0.4, 0.5) is 0 Å². The molecule has 0 fully saturated rings. The SMILES string of the molecule is Cc1ccsc1[C@H](CS(=O)(=O)Cc1ccc2sccc2c1)N(O)C=O. The molecule has 0 radical (unpaired) electrons. The molecule has 25 heavy (non-hydrogen) atoms. The zero-order chi connectivity index (χ0) is 18.0. The third-order valence-electron chi connectivity index (χ3n) is 3.95. The third kappa shape index (κ3) is 4.09. The van der Waals surface area contributed by atoms with Crippen LogP contribution in [0.2, 0.25) is 0 Å². The van der Waals surface area contributed by atoms with Crippen LogP contribution < -0.4 is 0 Å². The number of fused-ring (bicyclic) bond motifs is 1. The van der Waals surface area contributed by atoms with Crippen LogP contribution in [0.1, 0.15) is 22.0 Å². The summed E-state index contributed by atoms with van der Waals surface area (Å²) in [6.07, 6.45) is 0.247. The summed E-state index contributed by atoms with van der Waals surface area (Å²) in [5, 5.41) is 15.1. The fourth-order valence-electron chi connectivity index (χ4n) is 2.73. The van der Waals surface area contributed by atoms with Gasteiger partial charge in [0.25, 0.3) is 0 Å². The summed E-state index contributed by atoms with van der Waals surface area (Å²) in [6, 6.07) is 8.48. The summed E-state index contributed by atoms with van der Waals surface area (Å²) in [6.45, 7) is 1.83. The highest BCUT2D eigenvalue weighted by Gasteiger charge is 2.28. The zero-order valence-corrected chi connectivity index (χ0v) is 15.9. The number of nitrogens with zero attached hydrogens (tertiary/aromatic N) is 1. The Kier molecular flexibility index (Phi) is 5.24. The minimum Gasteiger partial charge on any atom is -0.285 e. The van der Waals surface area contributed by atoms with Crippen LogP contribution in [0, 0.1) is 6.92 Å². The number of hydroxylamine groups is 2. The number of rotatable bonds is 7. The predicted octanol–water partition coefficient (Wildman–Crippen LogP) is 3.77. The molecule has 0 bridgehead atoms. The van der Waals surface area contributed by atoms with Gasteiger partial charge in [-0.3, -0.25) is 10.0 Å². The fourth-order valence-corrected chi connectivity index (χ4v) is 6.23. The molecule has 2 heterocycles. The molecule has 1 aromatic carbocycles. The van der Waals surface area contributed by atoms with Gasteiger partial charge in [0.05, 0.1) is 11.5 Å². The second kappa shape index (κ2) is 7.25. The molecule has 132 valence electrons. The second-order valence-electron chi connectivity index (χ2n) is 5.82. The Morgan fingerprint density at radius 3 is 2.64 bits per heavy atom. The van der Waals surface area contributed by atoms with Crippen molar-refractivity contribution in [2.45, 2.75) is 18.7 Å². The Hall–Kier alpha value is -1.74. The van der Waals surface area contributed by atoms with Crippen molar-refractivity contribution in [3.05, 3.63) is 57.1 Å². The van der Waals surface area contributed by atoms with Gasteiger partial charge in [0, 0.05) is 9.58 Å². The first kappa shape index (κ1) is 18.1. The van der Waals surface area contributed by atoms with E-state index >= 15 is 0 Å². The number of hydrogen-bond acceptors (Lipinski definition) is 6. The van der Waals surface area contributed by atoms with E-state index in [1.807, 2.05) is 41.9 Å². The van der Waals surface area contributed by atoms with Crippen LogP contribution in [-0.4, -0.2) is 30.9 Å². The summed E-state index contributed by atoms with van der Waals surface area (Å²) in [5.41, 5.74) is 1.55. The summed E-state index contributed by atoms with van der Waals surface area (Å²) >= 11 is 2.93. The lowest BCUT2D eigenvalue weighted by molar-refractivity contribution is -0.158. The van der Waals surface area contributed by atoms with E-state index in [2.05, 4.69) is 0 Å². The van der Waals surface area contributed by atoms with Crippen LogP contribution in [0.15, 0.2) is 41.1 Å². The number of amides is 1. The van der Waals surface area contributed by atoms with Crippen molar-refractivity contribution in [2.75, 3.05) is 5.75 Å². The molecule has 0 spiro atoms. The van der Waals surface area contributed by atoms with Crippen molar-refractivity contribution < 1.29 is 18.4 Å². The third-order valence-corrected chi connectivity index (χ3v) is 7.56. The Morgan fingerprint density at radius 2 is 1.96 bits per heavy atom. The molecule has 5 nitrogen and oxygen atoms in total. The summed E-state index contributed by atoms with van der Waals surface area (Å²) in [5.74, 6) is -0.461. The molecule has 0 saturated carbocycles. The maximum atomic E-state index is 12.7. The van der Waals surface area contributed by atoms with Crippen LogP contribution in [0.3, 0.4) is 0 Å². The molecule has 1 N–H and O–H groups in total. The number of benzene rings is 1. The summed E-state index contributed by atoms with van der Waals surface area (Å²) in [4.78, 5) is 11.7. The number of carbonyl (C=O) groups excluding carboxylic acids is 1. The molecule has 0 aliphatic rings. The molecule has 0 aliphatic carbocycles. The molecule has 3 aromatic rings. The maximum Gasteiger partial charge on any atom is 0.233 e. The highest BCUT2D eigenvalue weighted by Crippen LogP contribution is 2.30. The molecule has 3 rings (SSSR count). The second-order valence-corrected chi connectivity index (χ2v) is 9.82. The Morgan fingerprint density at radius 1 is 1.20 bits per heavy atom. The van der Waals surface area contributed by atoms with Gasteiger partial charge in [0.1, 0.15) is 6.04 Å². The largest absolute Gasteiger partial charge is 0.285 e. The normalized spacial score (nSPS) is 13.0. The van der Waals surface area contributed by atoms with Gasteiger partial charge >= 0.3 is 0 Å². The van der Waals surface area contributed by atoms with E-state index in [1.165, 1.54) is 11.3 Å². The zero-order valence-electron chi connectivity index (χ0n) is 13.5. The highest BCUT2D eigenvalue weighted by atomic mass is 32.2. The lowest BCUT2D eigenvalue weighted by Crippen LogP contribution is -2.30. The van der Waals surface area contributed by atoms with Crippen molar-refractivity contribution >= 4 is 49.0 Å². The molecule has 8 heteroatoms. The van der Waals surface area contributed by atoms with Gasteiger partial charge in [0.15, 0.2) is 9.84 Å². The van der Waals surface area contributed by atoms with Gasteiger partial charge < -0.3 is 0 Å². The van der Waals surface area contributed by atoms with Gasteiger partial charge in [-0.05, 0) is 58.5 Å². The maximum absolute atomic E-state index is 12.7. The molecule has 0 unspecified atom stereocenters. The lowest BCUT2D eigenvalue weighted by Gasteiger charge is -2.22. The van der Waals surface area contributed by atoms with Crippen molar-refractivity contribution in [2.24, 2.45) is 0 Å². The Balaban J connectivity index is 1.84. The fraction of sp³-hybridized carbons (Fsp3) is 0.235. The van der Waals surface area contributed by atoms with E-state index in [0.717, 1.165) is 15.6 Å². The van der Waals surface area contributed by atoms with Crippen molar-refractivity contribution in [3.63, 3.8) is 0 Å². The predicted molar refractivity (Wildman–Crippen MR) is 101 cm³/mol. The standard InChI is InChI=1S/C17H17NO4S3/c1-12-4-6-24-17(12)15(18(20)11-19)10-25(21,22)9-13-2-3-16-14(8-13)5-7-23-16/h2-8,11,15,20H,9-10H2,1H3/t15-/m0/s1. The molecule has 0 aliphatic heterocycles. The lowest BCUT2D eigenvalue weighted by atomic mass is 10.2. The van der Waals surface area contributed by atoms with Gasteiger partial charge in [-0.2, -0.15) is 0 Å². The van der Waals surface area contributed by atoms with Gasteiger partial charge in [-0.25, -0.2) is 13.5 Å². The molecule has 0 saturated heterocycles. The first-order valence-corrected chi connectivity index (χ1v) is 11.1. The van der Waals surface area contributed by atoms with Gasteiger partial charge in [-0.1, -0.05) is 6.07 Å². The molecule has 1 atom stereocenters. The van der Waals surface area contributed by atoms with Crippen LogP contribution >= 0.6 is 22.7 Å². The first-order chi connectivity index (χ1) is 11.9. The van der Waals surface area contributed by atoms with Gasteiger partial charge in [-0.15, -0.1) is 22.7 Å². The average Bonchev–Trinajstić information content (AvgIpc) is 3.19. The van der Waals surface area contributed by atoms with Crippen LogP contribution in [-0.2, 0) is 20.4 Å². The quantitative estimate of drug-likeness (QED) is 0.375. The van der Waals surface area contributed by atoms with E-state index in [9.17, 15) is 18.4 Å². The first-order valence-electron chi connectivity index (χ1n) is 7.52. The average molecular weight is 396 g/mol. The van der Waals surface area contributed by atoms with E-state index in [4.69, 9.17) is 0 Å². The Labute approximate surface area is 154 Å².